The molecule has 0 heterocycles. The van der Waals surface area contributed by atoms with Crippen molar-refractivity contribution in [3.63, 3.8) is 0 Å². The summed E-state index contributed by atoms with van der Waals surface area (Å²) in [6.07, 6.45) is 1.89. The van der Waals surface area contributed by atoms with Crippen molar-refractivity contribution in [1.82, 2.24) is 0 Å². The maximum Gasteiger partial charge on any atom is 0.0716 e. The Kier molecular flexibility index (Phi) is 6.81. The van der Waals surface area contributed by atoms with Crippen molar-refractivity contribution in [2.75, 3.05) is 26.9 Å². The third kappa shape index (κ3) is 5.26. The van der Waals surface area contributed by atoms with Crippen LogP contribution in [0.2, 0.25) is 0 Å². The Hall–Kier alpha value is -0.900. The first kappa shape index (κ1) is 13.2. The molecule has 0 aromatic heterocycles. The van der Waals surface area contributed by atoms with E-state index in [1.54, 1.807) is 7.11 Å². The second-order valence-corrected chi connectivity index (χ2v) is 3.75. The molecule has 2 N–H and O–H groups in total. The second-order valence-electron chi connectivity index (χ2n) is 3.75. The van der Waals surface area contributed by atoms with Crippen LogP contribution in [0.25, 0.3) is 0 Å². The highest BCUT2D eigenvalue weighted by molar-refractivity contribution is 5.22. The van der Waals surface area contributed by atoms with Gasteiger partial charge in [-0.15, -0.1) is 0 Å². The van der Waals surface area contributed by atoms with Crippen molar-refractivity contribution in [2.45, 2.75) is 19.4 Å². The lowest BCUT2D eigenvalue weighted by atomic mass is 10.1. The second kappa shape index (κ2) is 8.28. The van der Waals surface area contributed by atoms with Crippen LogP contribution in [0.1, 0.15) is 17.5 Å². The van der Waals surface area contributed by atoms with Crippen LogP contribution < -0.4 is 5.73 Å². The molecule has 0 aliphatic carbocycles. The summed E-state index contributed by atoms with van der Waals surface area (Å²) in [5, 5.41) is 0. The van der Waals surface area contributed by atoms with Crippen molar-refractivity contribution in [3.05, 3.63) is 35.4 Å². The van der Waals surface area contributed by atoms with E-state index in [-0.39, 0.29) is 0 Å². The molecule has 0 fully saturated rings. The first-order chi connectivity index (χ1) is 7.86. The van der Waals surface area contributed by atoms with E-state index < -0.39 is 0 Å². The van der Waals surface area contributed by atoms with Gasteiger partial charge in [-0.05, 0) is 30.5 Å². The molecule has 0 amide bonds. The number of nitrogens with two attached hydrogens (primary N) is 1. The molecule has 3 heteroatoms. The first-order valence-electron chi connectivity index (χ1n) is 5.71. The summed E-state index contributed by atoms with van der Waals surface area (Å²) in [5.74, 6) is 0. The Morgan fingerprint density at radius 2 is 1.75 bits per heavy atom. The first-order valence-corrected chi connectivity index (χ1v) is 5.71. The number of ether oxygens (including phenoxy) is 2. The smallest absolute Gasteiger partial charge is 0.0716 e. The van der Waals surface area contributed by atoms with Gasteiger partial charge in [0.25, 0.3) is 0 Å². The fourth-order valence-corrected chi connectivity index (χ4v) is 1.46. The average Bonchev–Trinajstić information content (AvgIpc) is 2.31. The number of hydrogen-bond donors (Lipinski definition) is 1. The summed E-state index contributed by atoms with van der Waals surface area (Å²) in [4.78, 5) is 0. The normalized spacial score (nSPS) is 10.6. The molecular weight excluding hydrogens is 202 g/mol. The lowest BCUT2D eigenvalue weighted by Gasteiger charge is -2.05. The predicted octanol–water partition coefficient (Wildman–Crippen LogP) is 1.74. The van der Waals surface area contributed by atoms with Crippen molar-refractivity contribution in [2.24, 2.45) is 5.73 Å². The van der Waals surface area contributed by atoms with E-state index in [2.05, 4.69) is 24.3 Å². The van der Waals surface area contributed by atoms with Gasteiger partial charge in [0.15, 0.2) is 0 Å². The molecule has 0 radical (unpaired) electrons. The number of methoxy groups -OCH3 is 1. The van der Waals surface area contributed by atoms with E-state index in [1.165, 1.54) is 11.1 Å². The van der Waals surface area contributed by atoms with Gasteiger partial charge >= 0.3 is 0 Å². The summed E-state index contributed by atoms with van der Waals surface area (Å²) >= 11 is 0. The van der Waals surface area contributed by atoms with Crippen LogP contribution in [0.4, 0.5) is 0 Å². The van der Waals surface area contributed by atoms with Crippen LogP contribution in [0.5, 0.6) is 0 Å². The van der Waals surface area contributed by atoms with Crippen molar-refractivity contribution in [1.29, 1.82) is 0 Å². The van der Waals surface area contributed by atoms with Gasteiger partial charge in [-0.2, -0.15) is 0 Å². The van der Waals surface area contributed by atoms with E-state index in [4.69, 9.17) is 15.2 Å². The number of rotatable bonds is 8. The van der Waals surface area contributed by atoms with Gasteiger partial charge in [-0.1, -0.05) is 24.3 Å². The quantitative estimate of drug-likeness (QED) is 0.683. The monoisotopic (exact) mass is 223 g/mol. The van der Waals surface area contributed by atoms with Gasteiger partial charge in [0.1, 0.15) is 0 Å². The van der Waals surface area contributed by atoms with Gasteiger partial charge in [0.05, 0.1) is 6.61 Å². The molecule has 0 spiro atoms. The van der Waals surface area contributed by atoms with Gasteiger partial charge in [-0.3, -0.25) is 0 Å². The molecule has 16 heavy (non-hydrogen) atoms. The molecule has 0 unspecified atom stereocenters. The highest BCUT2D eigenvalue weighted by atomic mass is 16.5. The molecule has 0 atom stereocenters. The van der Waals surface area contributed by atoms with Crippen LogP contribution in [-0.2, 0) is 22.5 Å². The van der Waals surface area contributed by atoms with Gasteiger partial charge < -0.3 is 15.2 Å². The molecule has 1 aromatic rings. The zero-order chi connectivity index (χ0) is 11.6. The summed E-state index contributed by atoms with van der Waals surface area (Å²) in [6.45, 7) is 2.88. The molecule has 1 rings (SSSR count). The Labute approximate surface area is 97.6 Å². The summed E-state index contributed by atoms with van der Waals surface area (Å²) in [5.41, 5.74) is 7.98. The van der Waals surface area contributed by atoms with Crippen molar-refractivity contribution < 1.29 is 9.47 Å². The standard InChI is InChI=1S/C13H21NO2/c1-15-9-2-10-16-11-13-5-3-12(4-6-13)7-8-14/h3-6H,2,7-11,14H2,1H3. The summed E-state index contributed by atoms with van der Waals surface area (Å²) in [6, 6.07) is 8.42. The van der Waals surface area contributed by atoms with E-state index in [0.29, 0.717) is 13.2 Å². The average molecular weight is 223 g/mol. The van der Waals surface area contributed by atoms with Crippen LogP contribution in [0.15, 0.2) is 24.3 Å². The fourth-order valence-electron chi connectivity index (χ4n) is 1.46. The minimum Gasteiger partial charge on any atom is -0.385 e. The largest absolute Gasteiger partial charge is 0.385 e. The SMILES string of the molecule is COCCCOCc1ccc(CCN)cc1. The third-order valence-electron chi connectivity index (χ3n) is 2.36. The van der Waals surface area contributed by atoms with E-state index in [9.17, 15) is 0 Å². The topological polar surface area (TPSA) is 44.5 Å². The highest BCUT2D eigenvalue weighted by Gasteiger charge is 1.95. The van der Waals surface area contributed by atoms with Gasteiger partial charge in [0.2, 0.25) is 0 Å². The highest BCUT2D eigenvalue weighted by Crippen LogP contribution is 2.06. The third-order valence-corrected chi connectivity index (χ3v) is 2.36. The molecule has 0 aliphatic heterocycles. The Morgan fingerprint density at radius 3 is 2.38 bits per heavy atom. The van der Waals surface area contributed by atoms with Crippen LogP contribution in [0.3, 0.4) is 0 Å². The molecule has 0 saturated heterocycles. The molecular formula is C13H21NO2. The fraction of sp³-hybridized carbons (Fsp3) is 0.538. The zero-order valence-corrected chi connectivity index (χ0v) is 9.95. The molecule has 0 bridgehead atoms. The van der Waals surface area contributed by atoms with Crippen molar-refractivity contribution in [3.8, 4) is 0 Å². The molecule has 3 nitrogen and oxygen atoms in total. The van der Waals surface area contributed by atoms with Crippen LogP contribution >= 0.6 is 0 Å². The minimum absolute atomic E-state index is 0.673. The van der Waals surface area contributed by atoms with Crippen LogP contribution in [-0.4, -0.2) is 26.9 Å². The molecule has 1 aromatic carbocycles. The zero-order valence-electron chi connectivity index (χ0n) is 9.95. The van der Waals surface area contributed by atoms with E-state index in [0.717, 1.165) is 26.1 Å². The van der Waals surface area contributed by atoms with E-state index >= 15 is 0 Å². The predicted molar refractivity (Wildman–Crippen MR) is 65.3 cm³/mol. The van der Waals surface area contributed by atoms with Gasteiger partial charge in [0, 0.05) is 20.3 Å². The Balaban J connectivity index is 2.21. The Bertz CT molecular complexity index is 272. The Morgan fingerprint density at radius 1 is 1.06 bits per heavy atom. The van der Waals surface area contributed by atoms with Crippen LogP contribution in [0, 0.1) is 0 Å². The molecule has 90 valence electrons. The summed E-state index contributed by atoms with van der Waals surface area (Å²) < 4.78 is 10.5. The summed E-state index contributed by atoms with van der Waals surface area (Å²) in [7, 11) is 1.70. The maximum atomic E-state index is 5.52. The van der Waals surface area contributed by atoms with Gasteiger partial charge in [-0.25, -0.2) is 0 Å². The lowest BCUT2D eigenvalue weighted by molar-refractivity contribution is 0.0928. The molecule has 0 saturated carbocycles. The lowest BCUT2D eigenvalue weighted by Crippen LogP contribution is -2.03. The minimum atomic E-state index is 0.673. The van der Waals surface area contributed by atoms with E-state index in [1.807, 2.05) is 0 Å². The van der Waals surface area contributed by atoms with Crippen molar-refractivity contribution >= 4 is 0 Å². The number of benzene rings is 1. The number of hydrogen-bond acceptors (Lipinski definition) is 3. The molecule has 0 aliphatic rings. The maximum absolute atomic E-state index is 5.52.